The van der Waals surface area contributed by atoms with Gasteiger partial charge in [-0.2, -0.15) is 0 Å². The molecule has 7 nitrogen and oxygen atoms in total. The van der Waals surface area contributed by atoms with Crippen molar-refractivity contribution >= 4 is 21.6 Å². The third-order valence-corrected chi connectivity index (χ3v) is 4.87. The van der Waals surface area contributed by atoms with E-state index in [9.17, 15) is 13.2 Å². The maximum Gasteiger partial charge on any atom is 0.243 e. The van der Waals surface area contributed by atoms with Gasteiger partial charge in [0.05, 0.1) is 19.1 Å². The zero-order valence-corrected chi connectivity index (χ0v) is 15.2. The Morgan fingerprint density at radius 3 is 2.32 bits per heavy atom. The number of rotatable bonds is 7. The summed E-state index contributed by atoms with van der Waals surface area (Å²) in [7, 11) is -2.12. The van der Waals surface area contributed by atoms with Crippen molar-refractivity contribution < 1.29 is 17.9 Å². The number of anilines is 1. The number of amides is 1. The molecule has 1 amide bonds. The molecule has 1 N–H and O–H groups in total. The van der Waals surface area contributed by atoms with Crippen LogP contribution in [0.2, 0.25) is 0 Å². The summed E-state index contributed by atoms with van der Waals surface area (Å²) < 4.78 is 30.6. The van der Waals surface area contributed by atoms with Crippen LogP contribution in [0.4, 0.5) is 5.69 Å². The quantitative estimate of drug-likeness (QED) is 0.806. The zero-order valence-electron chi connectivity index (χ0n) is 14.3. The second-order valence-corrected chi connectivity index (χ2v) is 7.37. The minimum Gasteiger partial charge on any atom is -0.497 e. The van der Waals surface area contributed by atoms with E-state index < -0.39 is 22.0 Å². The van der Waals surface area contributed by atoms with Crippen LogP contribution in [0.5, 0.6) is 5.75 Å². The number of aromatic nitrogens is 1. The summed E-state index contributed by atoms with van der Waals surface area (Å²) in [6, 6.07) is 9.17. The summed E-state index contributed by atoms with van der Waals surface area (Å²) in [6.07, 6.45) is 4.33. The highest BCUT2D eigenvalue weighted by atomic mass is 32.2. The first-order chi connectivity index (χ1) is 11.8. The molecule has 1 atom stereocenters. The molecule has 0 aliphatic rings. The van der Waals surface area contributed by atoms with Gasteiger partial charge in [-0.1, -0.05) is 0 Å². The van der Waals surface area contributed by atoms with Gasteiger partial charge in [-0.3, -0.25) is 14.1 Å². The Labute approximate surface area is 147 Å². The fourth-order valence-electron chi connectivity index (χ4n) is 2.38. The smallest absolute Gasteiger partial charge is 0.243 e. The van der Waals surface area contributed by atoms with Gasteiger partial charge in [-0.05, 0) is 48.9 Å². The minimum atomic E-state index is -3.64. The predicted molar refractivity (Wildman–Crippen MR) is 95.9 cm³/mol. The third kappa shape index (κ3) is 4.93. The summed E-state index contributed by atoms with van der Waals surface area (Å²) in [4.78, 5) is 16.4. The van der Waals surface area contributed by atoms with Crippen molar-refractivity contribution in [2.75, 3.05) is 17.7 Å². The molecule has 0 radical (unpaired) electrons. The summed E-state index contributed by atoms with van der Waals surface area (Å²) >= 11 is 0. The average molecular weight is 363 g/mol. The van der Waals surface area contributed by atoms with Gasteiger partial charge in [0.1, 0.15) is 11.8 Å². The van der Waals surface area contributed by atoms with Crippen molar-refractivity contribution in [2.45, 2.75) is 19.5 Å². The van der Waals surface area contributed by atoms with Crippen molar-refractivity contribution in [2.24, 2.45) is 0 Å². The van der Waals surface area contributed by atoms with Crippen molar-refractivity contribution in [3.63, 3.8) is 0 Å². The molecule has 1 aromatic heterocycles. The van der Waals surface area contributed by atoms with Gasteiger partial charge < -0.3 is 10.1 Å². The molecule has 2 aromatic rings. The number of ether oxygens (including phenoxy) is 1. The Balaban J connectivity index is 2.17. The van der Waals surface area contributed by atoms with E-state index in [1.165, 1.54) is 7.11 Å². The van der Waals surface area contributed by atoms with E-state index in [-0.39, 0.29) is 0 Å². The third-order valence-electron chi connectivity index (χ3n) is 3.63. The van der Waals surface area contributed by atoms with E-state index in [4.69, 9.17) is 4.74 Å². The van der Waals surface area contributed by atoms with Gasteiger partial charge in [0.15, 0.2) is 0 Å². The van der Waals surface area contributed by atoms with Crippen LogP contribution < -0.4 is 14.4 Å². The number of methoxy groups -OCH3 is 1. The van der Waals surface area contributed by atoms with E-state index >= 15 is 0 Å². The van der Waals surface area contributed by atoms with Gasteiger partial charge in [0.2, 0.25) is 15.9 Å². The highest BCUT2D eigenvalue weighted by Crippen LogP contribution is 2.23. The first-order valence-corrected chi connectivity index (χ1v) is 9.48. The number of hydrogen-bond acceptors (Lipinski definition) is 5. The van der Waals surface area contributed by atoms with E-state index in [0.29, 0.717) is 18.0 Å². The summed E-state index contributed by atoms with van der Waals surface area (Å²) in [5.74, 6) is 0.213. The fraction of sp³-hybridized carbons (Fsp3) is 0.294. The molecule has 8 heteroatoms. The van der Waals surface area contributed by atoms with Crippen molar-refractivity contribution in [3.8, 4) is 5.75 Å². The van der Waals surface area contributed by atoms with E-state index in [2.05, 4.69) is 10.3 Å². The molecular formula is C17H21N3O4S. The lowest BCUT2D eigenvalue weighted by atomic mass is 10.2. The van der Waals surface area contributed by atoms with Gasteiger partial charge in [0.25, 0.3) is 0 Å². The largest absolute Gasteiger partial charge is 0.497 e. The molecule has 0 saturated heterocycles. The molecule has 1 heterocycles. The molecular weight excluding hydrogens is 342 g/mol. The van der Waals surface area contributed by atoms with Crippen molar-refractivity contribution in [1.29, 1.82) is 0 Å². The number of nitrogens with zero attached hydrogens (tertiary/aromatic N) is 2. The lowest BCUT2D eigenvalue weighted by Gasteiger charge is -2.28. The summed E-state index contributed by atoms with van der Waals surface area (Å²) in [6.45, 7) is 1.85. The minimum absolute atomic E-state index is 0.298. The number of hydrogen-bond donors (Lipinski definition) is 1. The summed E-state index contributed by atoms with van der Waals surface area (Å²) in [5, 5.41) is 2.75. The molecule has 0 fully saturated rings. The first kappa shape index (κ1) is 18.7. The van der Waals surface area contributed by atoms with Crippen LogP contribution >= 0.6 is 0 Å². The molecule has 0 spiro atoms. The maximum absolute atomic E-state index is 12.4. The van der Waals surface area contributed by atoms with Crippen LogP contribution in [0.15, 0.2) is 48.8 Å². The van der Waals surface area contributed by atoms with E-state index in [1.54, 1.807) is 55.7 Å². The normalized spacial score (nSPS) is 12.3. The maximum atomic E-state index is 12.4. The van der Waals surface area contributed by atoms with Crippen LogP contribution in [0.3, 0.4) is 0 Å². The SMILES string of the molecule is COc1ccc(N([C@H](C)C(=O)NCc2ccncc2)S(C)(=O)=O)cc1. The molecule has 25 heavy (non-hydrogen) atoms. The van der Waals surface area contributed by atoms with Crippen LogP contribution in [0, 0.1) is 0 Å². The highest BCUT2D eigenvalue weighted by Gasteiger charge is 2.28. The molecule has 1 aromatic carbocycles. The van der Waals surface area contributed by atoms with Crippen LogP contribution in [-0.2, 0) is 21.4 Å². The lowest BCUT2D eigenvalue weighted by Crippen LogP contribution is -2.47. The molecule has 0 aliphatic heterocycles. The molecule has 0 saturated carbocycles. The number of pyridine rings is 1. The number of nitrogens with one attached hydrogen (secondary N) is 1. The molecule has 0 aliphatic carbocycles. The Morgan fingerprint density at radius 2 is 1.80 bits per heavy atom. The van der Waals surface area contributed by atoms with Gasteiger partial charge in [0, 0.05) is 18.9 Å². The molecule has 0 unspecified atom stereocenters. The monoisotopic (exact) mass is 363 g/mol. The van der Waals surface area contributed by atoms with Crippen molar-refractivity contribution in [3.05, 3.63) is 54.4 Å². The Kier molecular flexibility index (Phi) is 5.97. The highest BCUT2D eigenvalue weighted by molar-refractivity contribution is 7.92. The number of carbonyl (C=O) groups excluding carboxylic acids is 1. The van der Waals surface area contributed by atoms with E-state index in [1.807, 2.05) is 0 Å². The van der Waals surface area contributed by atoms with E-state index in [0.717, 1.165) is 16.1 Å². The van der Waals surface area contributed by atoms with Crippen LogP contribution in [0.1, 0.15) is 12.5 Å². The molecule has 0 bridgehead atoms. The molecule has 2 rings (SSSR count). The van der Waals surface area contributed by atoms with Crippen molar-refractivity contribution in [1.82, 2.24) is 10.3 Å². The second-order valence-electron chi connectivity index (χ2n) is 5.51. The fourth-order valence-corrected chi connectivity index (χ4v) is 3.55. The van der Waals surface area contributed by atoms with Crippen LogP contribution in [-0.4, -0.2) is 38.7 Å². The Hall–Kier alpha value is -2.61. The van der Waals surface area contributed by atoms with Gasteiger partial charge in [-0.25, -0.2) is 8.42 Å². The van der Waals surface area contributed by atoms with Gasteiger partial charge in [-0.15, -0.1) is 0 Å². The predicted octanol–water partition coefficient (Wildman–Crippen LogP) is 1.56. The Bertz CT molecular complexity index is 808. The first-order valence-electron chi connectivity index (χ1n) is 7.63. The lowest BCUT2D eigenvalue weighted by molar-refractivity contribution is -0.122. The standard InChI is InChI=1S/C17H21N3O4S/c1-13(17(21)19-12-14-8-10-18-11-9-14)20(25(3,22)23)15-4-6-16(24-2)7-5-15/h4-11,13H,12H2,1-3H3,(H,19,21)/t13-/m1/s1. The Morgan fingerprint density at radius 1 is 1.20 bits per heavy atom. The van der Waals surface area contributed by atoms with Crippen LogP contribution in [0.25, 0.3) is 0 Å². The average Bonchev–Trinajstić information content (AvgIpc) is 2.60. The second kappa shape index (κ2) is 7.98. The summed E-state index contributed by atoms with van der Waals surface area (Å²) in [5.41, 5.74) is 1.28. The number of benzene rings is 1. The number of sulfonamides is 1. The number of carbonyl (C=O) groups is 1. The van der Waals surface area contributed by atoms with Gasteiger partial charge >= 0.3 is 0 Å². The molecule has 134 valence electrons. The topological polar surface area (TPSA) is 88.6 Å². The zero-order chi connectivity index (χ0) is 18.4.